The molecule has 2 radical (unpaired) electrons. The number of hydrogen-bond donors (Lipinski definition) is 0. The number of rotatable bonds is 8. The van der Waals surface area contributed by atoms with Gasteiger partial charge in [0.15, 0.2) is 0 Å². The van der Waals surface area contributed by atoms with Gasteiger partial charge >= 0.3 is 30.2 Å². The van der Waals surface area contributed by atoms with E-state index in [9.17, 15) is 0 Å². The maximum atomic E-state index is 3.06. The molecule has 8 aromatic rings. The summed E-state index contributed by atoms with van der Waals surface area (Å²) in [7, 11) is 0. The fraction of sp³-hybridized carbons (Fsp3) is 0.214. The third kappa shape index (κ3) is 9.90. The van der Waals surface area contributed by atoms with E-state index in [1.807, 2.05) is 0 Å². The van der Waals surface area contributed by atoms with Crippen molar-refractivity contribution in [1.82, 2.24) is 0 Å². The molecule has 0 aliphatic heterocycles. The quantitative estimate of drug-likeness (QED) is 0.106. The first-order valence-electron chi connectivity index (χ1n) is 20.3. The monoisotopic (exact) mass is 846 g/mol. The Kier molecular flexibility index (Phi) is 14.3. The molecule has 0 atom stereocenters. The second-order valence-electron chi connectivity index (χ2n) is 16.5. The summed E-state index contributed by atoms with van der Waals surface area (Å²) in [6, 6.07) is 54.7. The topological polar surface area (TPSA) is 0 Å². The number of fused-ring (bicyclic) bond motifs is 2. The molecule has 2 saturated carbocycles. The SMILES string of the molecule is Cc1ccc(-c2ccc(-c3ccc(C)cc3)c3[cH-]c(CC4CC4)cc23)cc1.Cc1ccc(-c2ccc(-c3ccc(C)cc3)c3[cH-]c(CC4CC4)cc23)cc1.[CH3-].[CH3-].[Si]=[Zr]. The predicted molar refractivity (Wildman–Crippen MR) is 251 cm³/mol. The van der Waals surface area contributed by atoms with Gasteiger partial charge in [-0.05, 0) is 89.2 Å². The van der Waals surface area contributed by atoms with Crippen LogP contribution in [0.5, 0.6) is 0 Å². The Morgan fingerprint density at radius 2 is 0.672 bits per heavy atom. The van der Waals surface area contributed by atoms with Crippen molar-refractivity contribution in [2.24, 2.45) is 11.8 Å². The molecule has 0 nitrogen and oxygen atoms in total. The van der Waals surface area contributed by atoms with E-state index in [0.29, 0.717) is 0 Å². The van der Waals surface area contributed by atoms with Crippen LogP contribution in [0.25, 0.3) is 66.1 Å². The van der Waals surface area contributed by atoms with Crippen LogP contribution >= 0.6 is 0 Å². The van der Waals surface area contributed by atoms with E-state index in [2.05, 4.69) is 180 Å². The Labute approximate surface area is 365 Å². The fourth-order valence-corrected chi connectivity index (χ4v) is 8.21. The van der Waals surface area contributed by atoms with Crippen molar-refractivity contribution in [1.29, 1.82) is 0 Å². The minimum atomic E-state index is 0. The predicted octanol–water partition coefficient (Wildman–Crippen LogP) is 15.4. The molecule has 0 bridgehead atoms. The molecule has 2 heteroatoms. The van der Waals surface area contributed by atoms with Crippen LogP contribution in [-0.2, 0) is 36.2 Å². The molecule has 10 rings (SSSR count). The number of hydrogen-bond acceptors (Lipinski definition) is 0. The molecule has 2 aliphatic carbocycles. The third-order valence-electron chi connectivity index (χ3n) is 11.8. The maximum absolute atomic E-state index is 3.06. The zero-order valence-electron chi connectivity index (χ0n) is 35.3. The van der Waals surface area contributed by atoms with Gasteiger partial charge in [0.05, 0.1) is 0 Å². The van der Waals surface area contributed by atoms with E-state index in [-0.39, 0.29) is 14.9 Å². The van der Waals surface area contributed by atoms with Crippen molar-refractivity contribution in [3.63, 3.8) is 0 Å². The summed E-state index contributed by atoms with van der Waals surface area (Å²) >= 11 is 1.36. The van der Waals surface area contributed by atoms with Gasteiger partial charge in [0.2, 0.25) is 0 Å². The molecular weight excluding hydrogens is 792 g/mol. The van der Waals surface area contributed by atoms with Gasteiger partial charge in [-0.1, -0.05) is 177 Å². The zero-order valence-corrected chi connectivity index (χ0v) is 38.7. The summed E-state index contributed by atoms with van der Waals surface area (Å²) in [5.41, 5.74) is 18.9. The first-order valence-corrected chi connectivity index (χ1v) is 24.5. The van der Waals surface area contributed by atoms with Crippen LogP contribution in [0, 0.1) is 54.4 Å². The summed E-state index contributed by atoms with van der Waals surface area (Å²) in [6.07, 6.45) is 8.06. The van der Waals surface area contributed by atoms with Gasteiger partial charge in [-0.3, -0.25) is 0 Å². The van der Waals surface area contributed by atoms with E-state index < -0.39 is 0 Å². The van der Waals surface area contributed by atoms with Crippen molar-refractivity contribution in [3.8, 4) is 44.5 Å². The van der Waals surface area contributed by atoms with Crippen molar-refractivity contribution in [2.75, 3.05) is 0 Å². The zero-order chi connectivity index (χ0) is 38.8. The molecule has 58 heavy (non-hydrogen) atoms. The number of benzene rings is 6. The van der Waals surface area contributed by atoms with Gasteiger partial charge in [-0.2, -0.15) is 12.1 Å². The minimum absolute atomic E-state index is 0. The molecule has 8 aromatic carbocycles. The number of aryl methyl sites for hydroxylation is 4. The van der Waals surface area contributed by atoms with Crippen LogP contribution in [0.1, 0.15) is 59.1 Å². The molecule has 292 valence electrons. The van der Waals surface area contributed by atoms with Crippen LogP contribution in [0.4, 0.5) is 0 Å². The van der Waals surface area contributed by atoms with Gasteiger partial charge in [-0.15, -0.1) is 44.8 Å². The Bertz CT molecular complexity index is 2230. The molecule has 2 fully saturated rings. The Balaban J connectivity index is 0.000000182. The summed E-state index contributed by atoms with van der Waals surface area (Å²) in [5, 5.41) is 5.58. The first-order chi connectivity index (χ1) is 27.3. The summed E-state index contributed by atoms with van der Waals surface area (Å²) in [6.45, 7) is 11.7. The third-order valence-corrected chi connectivity index (χ3v) is 11.8. The second kappa shape index (κ2) is 19.1. The normalized spacial score (nSPS) is 13.1. The van der Waals surface area contributed by atoms with E-state index in [1.165, 1.54) is 161 Å². The molecule has 0 aromatic heterocycles. The standard InChI is InChI=1S/2C27H25.2CH3.Si.Zr/c2*1-18-3-9-22(10-4-18)24-13-14-25(23-11-5-19(2)6-12-23)27-17-21(16-26(24)27)15-20-7-8-20;;;;/h2*3-6,9-14,16-17,20H,7-8,15H2,1-2H3;2*1H3;;/q4*-1;;. The van der Waals surface area contributed by atoms with E-state index in [4.69, 9.17) is 0 Å². The van der Waals surface area contributed by atoms with Crippen molar-refractivity contribution in [3.05, 3.63) is 194 Å². The van der Waals surface area contributed by atoms with Gasteiger partial charge in [0.25, 0.3) is 0 Å². The summed E-state index contributed by atoms with van der Waals surface area (Å²) in [5.74, 6) is 1.82. The summed E-state index contributed by atoms with van der Waals surface area (Å²) < 4.78 is 0. The van der Waals surface area contributed by atoms with Crippen LogP contribution in [0.3, 0.4) is 0 Å². The van der Waals surface area contributed by atoms with Crippen LogP contribution in [-0.4, -0.2) is 6.88 Å². The Morgan fingerprint density at radius 1 is 0.414 bits per heavy atom. The molecule has 0 amide bonds. The van der Waals surface area contributed by atoms with Gasteiger partial charge in [-0.25, -0.2) is 0 Å². The van der Waals surface area contributed by atoms with Gasteiger partial charge in [0.1, 0.15) is 0 Å². The average Bonchev–Trinajstić information content (AvgIpc) is 4.13. The van der Waals surface area contributed by atoms with Gasteiger partial charge < -0.3 is 14.9 Å². The first kappa shape index (κ1) is 43.2. The molecule has 0 spiro atoms. The van der Waals surface area contributed by atoms with Crippen LogP contribution in [0.2, 0.25) is 0 Å². The van der Waals surface area contributed by atoms with Crippen LogP contribution < -0.4 is 0 Å². The fourth-order valence-electron chi connectivity index (χ4n) is 8.21. The molecule has 0 heterocycles. The van der Waals surface area contributed by atoms with E-state index >= 15 is 0 Å². The molecule has 2 aliphatic rings. The second-order valence-corrected chi connectivity index (χ2v) is 16.5. The molecular formula is C56H56SiZr-4. The molecule has 0 N–H and O–H groups in total. The van der Waals surface area contributed by atoms with Crippen molar-refractivity contribution >= 4 is 28.4 Å². The van der Waals surface area contributed by atoms with Crippen molar-refractivity contribution < 1.29 is 23.3 Å². The molecule has 0 unspecified atom stereocenters. The van der Waals surface area contributed by atoms with Crippen LogP contribution in [0.15, 0.2) is 146 Å². The van der Waals surface area contributed by atoms with Gasteiger partial charge in [0, 0.05) is 0 Å². The Hall–Kier alpha value is -4.36. The average molecular weight is 848 g/mol. The van der Waals surface area contributed by atoms with E-state index in [0.717, 1.165) is 11.8 Å². The molecule has 0 saturated heterocycles. The summed E-state index contributed by atoms with van der Waals surface area (Å²) in [4.78, 5) is 0. The Morgan fingerprint density at radius 3 is 0.948 bits per heavy atom. The van der Waals surface area contributed by atoms with E-state index in [1.54, 1.807) is 0 Å². The van der Waals surface area contributed by atoms with Crippen molar-refractivity contribution in [2.45, 2.75) is 66.2 Å².